The van der Waals surface area contributed by atoms with Gasteiger partial charge >= 0.3 is 0 Å². The van der Waals surface area contributed by atoms with E-state index >= 15 is 0 Å². The third-order valence-electron chi connectivity index (χ3n) is 5.10. The molecule has 1 heterocycles. The van der Waals surface area contributed by atoms with Gasteiger partial charge < -0.3 is 41.6 Å². The SMILES string of the molecule is NCCOCCOCCNC(=O)Cc1ccc(Nc2nc(NCCO)nc(NCc3ccccc3)n2)cc1. The van der Waals surface area contributed by atoms with Crippen molar-refractivity contribution in [1.29, 1.82) is 0 Å². The van der Waals surface area contributed by atoms with E-state index < -0.39 is 0 Å². The van der Waals surface area contributed by atoms with Crippen molar-refractivity contribution >= 4 is 29.4 Å². The zero-order valence-corrected chi connectivity index (χ0v) is 21.4. The van der Waals surface area contributed by atoms with Crippen molar-refractivity contribution in [2.45, 2.75) is 13.0 Å². The Morgan fingerprint density at radius 2 is 1.47 bits per heavy atom. The zero-order chi connectivity index (χ0) is 26.8. The molecule has 0 aliphatic carbocycles. The number of hydrogen-bond acceptors (Lipinski definition) is 11. The number of aliphatic hydroxyl groups is 1. The highest BCUT2D eigenvalue weighted by atomic mass is 16.5. The van der Waals surface area contributed by atoms with Gasteiger partial charge in [0.15, 0.2) is 0 Å². The molecule has 0 spiro atoms. The van der Waals surface area contributed by atoms with Gasteiger partial charge in [-0.05, 0) is 23.3 Å². The van der Waals surface area contributed by atoms with Crippen molar-refractivity contribution < 1.29 is 19.4 Å². The summed E-state index contributed by atoms with van der Waals surface area (Å²) in [5.41, 5.74) is 8.06. The Balaban J connectivity index is 1.49. The van der Waals surface area contributed by atoms with Gasteiger partial charge in [-0.2, -0.15) is 15.0 Å². The van der Waals surface area contributed by atoms with Crippen LogP contribution in [-0.2, 0) is 27.2 Å². The van der Waals surface area contributed by atoms with Crippen molar-refractivity contribution in [2.24, 2.45) is 5.73 Å². The molecule has 0 saturated heterocycles. The minimum absolute atomic E-state index is 0.0481. The van der Waals surface area contributed by atoms with Gasteiger partial charge in [0.2, 0.25) is 23.8 Å². The summed E-state index contributed by atoms with van der Waals surface area (Å²) in [4.78, 5) is 25.4. The van der Waals surface area contributed by atoms with Gasteiger partial charge in [0.05, 0.1) is 39.5 Å². The van der Waals surface area contributed by atoms with E-state index in [1.54, 1.807) is 0 Å². The van der Waals surface area contributed by atoms with E-state index in [0.29, 0.717) is 70.5 Å². The van der Waals surface area contributed by atoms with Crippen molar-refractivity contribution in [2.75, 3.05) is 68.6 Å². The maximum Gasteiger partial charge on any atom is 0.233 e. The van der Waals surface area contributed by atoms with Gasteiger partial charge in [-0.25, -0.2) is 0 Å². The molecule has 1 amide bonds. The van der Waals surface area contributed by atoms with Crippen LogP contribution >= 0.6 is 0 Å². The molecule has 3 aromatic rings. The number of nitrogens with two attached hydrogens (primary N) is 1. The smallest absolute Gasteiger partial charge is 0.233 e. The highest BCUT2D eigenvalue weighted by Gasteiger charge is 2.08. The lowest BCUT2D eigenvalue weighted by Gasteiger charge is -2.11. The second-order valence-corrected chi connectivity index (χ2v) is 8.16. The fourth-order valence-electron chi connectivity index (χ4n) is 3.29. The Morgan fingerprint density at radius 1 is 0.789 bits per heavy atom. The van der Waals surface area contributed by atoms with Gasteiger partial charge in [-0.3, -0.25) is 4.79 Å². The molecule has 0 bridgehead atoms. The highest BCUT2D eigenvalue weighted by Crippen LogP contribution is 2.17. The summed E-state index contributed by atoms with van der Waals surface area (Å²) in [5, 5.41) is 21.3. The topological polar surface area (TPSA) is 169 Å². The minimum atomic E-state index is -0.0834. The van der Waals surface area contributed by atoms with Crippen molar-refractivity contribution in [1.82, 2.24) is 20.3 Å². The first-order chi connectivity index (χ1) is 18.7. The van der Waals surface area contributed by atoms with E-state index in [2.05, 4.69) is 36.2 Å². The quantitative estimate of drug-likeness (QED) is 0.133. The average molecular weight is 525 g/mol. The molecule has 12 nitrogen and oxygen atoms in total. The molecule has 7 N–H and O–H groups in total. The van der Waals surface area contributed by atoms with Crippen molar-refractivity contribution in [3.8, 4) is 0 Å². The lowest BCUT2D eigenvalue weighted by molar-refractivity contribution is -0.120. The van der Waals surface area contributed by atoms with Crippen LogP contribution in [0.3, 0.4) is 0 Å². The predicted octanol–water partition coefficient (Wildman–Crippen LogP) is 1.28. The van der Waals surface area contributed by atoms with Crippen LogP contribution in [0, 0.1) is 0 Å². The number of anilines is 4. The molecule has 2 aromatic carbocycles. The lowest BCUT2D eigenvalue weighted by Crippen LogP contribution is -2.29. The summed E-state index contributed by atoms with van der Waals surface area (Å²) < 4.78 is 10.6. The van der Waals surface area contributed by atoms with Crippen LogP contribution < -0.4 is 27.0 Å². The van der Waals surface area contributed by atoms with Gasteiger partial charge in [-0.15, -0.1) is 0 Å². The lowest BCUT2D eigenvalue weighted by atomic mass is 10.1. The molecule has 3 rings (SSSR count). The molecule has 0 atom stereocenters. The standard InChI is InChI=1S/C26H36N8O4/c27-10-14-37-16-17-38-15-12-28-23(36)18-20-6-8-22(9-7-20)31-26-33-24(29-11-13-35)32-25(34-26)30-19-21-4-2-1-3-5-21/h1-9,35H,10-19,27H2,(H,28,36)(H3,29,30,31,32,33,34). The molecule has 204 valence electrons. The second kappa shape index (κ2) is 16.8. The Morgan fingerprint density at radius 3 is 2.18 bits per heavy atom. The maximum atomic E-state index is 12.2. The first-order valence-electron chi connectivity index (χ1n) is 12.5. The summed E-state index contributed by atoms with van der Waals surface area (Å²) in [6.45, 7) is 3.63. The van der Waals surface area contributed by atoms with E-state index in [1.807, 2.05) is 54.6 Å². The third kappa shape index (κ3) is 11.0. The molecular weight excluding hydrogens is 488 g/mol. The zero-order valence-electron chi connectivity index (χ0n) is 21.4. The normalized spacial score (nSPS) is 10.7. The van der Waals surface area contributed by atoms with Crippen LogP contribution in [0.1, 0.15) is 11.1 Å². The molecule has 12 heteroatoms. The predicted molar refractivity (Wildman–Crippen MR) is 146 cm³/mol. The average Bonchev–Trinajstić information content (AvgIpc) is 2.94. The number of benzene rings is 2. The van der Waals surface area contributed by atoms with E-state index in [4.69, 9.17) is 20.3 Å². The first-order valence-corrected chi connectivity index (χ1v) is 12.5. The number of carbonyl (C=O) groups is 1. The number of hydrogen-bond donors (Lipinski definition) is 6. The molecule has 0 aliphatic rings. The van der Waals surface area contributed by atoms with Crippen LogP contribution in [-0.4, -0.2) is 78.6 Å². The minimum Gasteiger partial charge on any atom is -0.395 e. The Labute approximate surface area is 222 Å². The molecule has 0 radical (unpaired) electrons. The van der Waals surface area contributed by atoms with E-state index in [-0.39, 0.29) is 18.9 Å². The fraction of sp³-hybridized carbons (Fsp3) is 0.385. The Bertz CT molecular complexity index is 1090. The van der Waals surface area contributed by atoms with Crippen molar-refractivity contribution in [3.63, 3.8) is 0 Å². The van der Waals surface area contributed by atoms with Gasteiger partial charge in [-0.1, -0.05) is 42.5 Å². The van der Waals surface area contributed by atoms with Crippen LogP contribution in [0.2, 0.25) is 0 Å². The number of rotatable bonds is 18. The molecule has 0 saturated carbocycles. The van der Waals surface area contributed by atoms with Gasteiger partial charge in [0.1, 0.15) is 0 Å². The van der Waals surface area contributed by atoms with Crippen LogP contribution in [0.25, 0.3) is 0 Å². The monoisotopic (exact) mass is 524 g/mol. The molecular formula is C26H36N8O4. The largest absolute Gasteiger partial charge is 0.395 e. The van der Waals surface area contributed by atoms with Crippen LogP contribution in [0.4, 0.5) is 23.5 Å². The number of amides is 1. The first kappa shape index (κ1) is 28.7. The second-order valence-electron chi connectivity index (χ2n) is 8.16. The number of nitrogens with zero attached hydrogens (tertiary/aromatic N) is 3. The van der Waals surface area contributed by atoms with Crippen LogP contribution in [0.5, 0.6) is 0 Å². The molecule has 1 aromatic heterocycles. The molecule has 38 heavy (non-hydrogen) atoms. The number of carbonyl (C=O) groups excluding carboxylic acids is 1. The van der Waals surface area contributed by atoms with Crippen molar-refractivity contribution in [3.05, 3.63) is 65.7 Å². The summed E-state index contributed by atoms with van der Waals surface area (Å²) in [7, 11) is 0. The number of nitrogens with one attached hydrogen (secondary N) is 4. The van der Waals surface area contributed by atoms with E-state index in [0.717, 1.165) is 16.8 Å². The number of aromatic nitrogens is 3. The van der Waals surface area contributed by atoms with Gasteiger partial charge in [0, 0.05) is 31.9 Å². The highest BCUT2D eigenvalue weighted by molar-refractivity contribution is 5.78. The fourth-order valence-corrected chi connectivity index (χ4v) is 3.29. The summed E-state index contributed by atoms with van der Waals surface area (Å²) in [6.07, 6.45) is 0.258. The Kier molecular flexibility index (Phi) is 12.7. The number of ether oxygens (including phenoxy) is 2. The number of aliphatic hydroxyl groups excluding tert-OH is 1. The van der Waals surface area contributed by atoms with E-state index in [1.165, 1.54) is 0 Å². The summed E-state index contributed by atoms with van der Waals surface area (Å²) in [6, 6.07) is 17.4. The molecule has 0 fully saturated rings. The molecule has 0 aliphatic heterocycles. The maximum absolute atomic E-state index is 12.2. The molecule has 0 unspecified atom stereocenters. The third-order valence-corrected chi connectivity index (χ3v) is 5.10. The van der Waals surface area contributed by atoms with Crippen LogP contribution in [0.15, 0.2) is 54.6 Å². The Hall–Kier alpha value is -3.84. The van der Waals surface area contributed by atoms with E-state index in [9.17, 15) is 4.79 Å². The van der Waals surface area contributed by atoms with Gasteiger partial charge in [0.25, 0.3) is 0 Å². The summed E-state index contributed by atoms with van der Waals surface area (Å²) >= 11 is 0. The summed E-state index contributed by atoms with van der Waals surface area (Å²) in [5.74, 6) is 0.995.